The van der Waals surface area contributed by atoms with Crippen molar-refractivity contribution in [1.82, 2.24) is 9.97 Å². The highest BCUT2D eigenvalue weighted by molar-refractivity contribution is 6.30. The zero-order valence-corrected chi connectivity index (χ0v) is 13.2. The van der Waals surface area contributed by atoms with E-state index >= 15 is 0 Å². The van der Waals surface area contributed by atoms with Crippen molar-refractivity contribution in [1.29, 1.82) is 5.41 Å². The van der Waals surface area contributed by atoms with Gasteiger partial charge in [-0.05, 0) is 12.5 Å². The normalized spacial score (nSPS) is 11.2. The van der Waals surface area contributed by atoms with Gasteiger partial charge in [-0.25, -0.2) is 9.97 Å². The lowest BCUT2D eigenvalue weighted by Gasteiger charge is -2.15. The Morgan fingerprint density at radius 1 is 1.25 bits per heavy atom. The number of halogens is 4. The van der Waals surface area contributed by atoms with Crippen LogP contribution in [0.4, 0.5) is 18.9 Å². The lowest BCUT2D eigenvalue weighted by molar-refractivity contribution is -0.134. The summed E-state index contributed by atoms with van der Waals surface area (Å²) in [4.78, 5) is 7.80. The van der Waals surface area contributed by atoms with E-state index in [0.29, 0.717) is 22.0 Å². The fourth-order valence-electron chi connectivity index (χ4n) is 1.90. The molecule has 0 radical (unpaired) electrons. The van der Waals surface area contributed by atoms with E-state index in [1.807, 2.05) is 0 Å². The number of benzene rings is 1. The Kier molecular flexibility index (Phi) is 5.97. The third-order valence-corrected chi connectivity index (χ3v) is 3.15. The first-order valence-corrected chi connectivity index (χ1v) is 7.36. The Hall–Kier alpha value is -2.35. The monoisotopic (exact) mass is 358 g/mol. The number of para-hydroxylation sites is 1. The number of nitrogens with one attached hydrogen (secondary N) is 2. The van der Waals surface area contributed by atoms with Crippen LogP contribution < -0.4 is 10.1 Å². The predicted molar refractivity (Wildman–Crippen MR) is 85.2 cm³/mol. The third kappa shape index (κ3) is 5.38. The van der Waals surface area contributed by atoms with Crippen molar-refractivity contribution in [3.8, 4) is 11.8 Å². The van der Waals surface area contributed by atoms with Crippen LogP contribution in [0.1, 0.15) is 18.4 Å². The fraction of sp³-hybridized carbons (Fsp3) is 0.267. The molecule has 0 aliphatic heterocycles. The van der Waals surface area contributed by atoms with Crippen LogP contribution in [-0.4, -0.2) is 28.9 Å². The highest BCUT2D eigenvalue weighted by atomic mass is 35.5. The van der Waals surface area contributed by atoms with Gasteiger partial charge in [0, 0.05) is 24.7 Å². The number of nitrogens with zero attached hydrogens (tertiary/aromatic N) is 2. The van der Waals surface area contributed by atoms with Crippen molar-refractivity contribution in [2.45, 2.75) is 19.0 Å². The first-order chi connectivity index (χ1) is 11.4. The number of hydrogen-bond acceptors (Lipinski definition) is 5. The molecule has 1 aromatic heterocycles. The topological polar surface area (TPSA) is 70.9 Å². The van der Waals surface area contributed by atoms with Gasteiger partial charge < -0.3 is 15.5 Å². The van der Waals surface area contributed by atoms with Crippen LogP contribution >= 0.6 is 11.6 Å². The predicted octanol–water partition coefficient (Wildman–Crippen LogP) is 4.67. The van der Waals surface area contributed by atoms with Crippen molar-refractivity contribution >= 4 is 23.5 Å². The molecule has 1 heterocycles. The average Bonchev–Trinajstić information content (AvgIpc) is 2.53. The van der Waals surface area contributed by atoms with Crippen molar-refractivity contribution < 1.29 is 17.9 Å². The molecule has 9 heteroatoms. The second-order valence-corrected chi connectivity index (χ2v) is 5.23. The molecule has 5 nitrogen and oxygen atoms in total. The van der Waals surface area contributed by atoms with Crippen LogP contribution in [0.5, 0.6) is 11.8 Å². The molecule has 0 saturated heterocycles. The summed E-state index contributed by atoms with van der Waals surface area (Å²) in [5.74, 6) is 0.310. The highest BCUT2D eigenvalue weighted by Crippen LogP contribution is 2.31. The molecule has 0 spiro atoms. The lowest BCUT2D eigenvalue weighted by Crippen LogP contribution is -2.12. The molecule has 0 aliphatic carbocycles. The van der Waals surface area contributed by atoms with Crippen LogP contribution in [-0.2, 0) is 0 Å². The van der Waals surface area contributed by atoms with Crippen LogP contribution in [0.3, 0.4) is 0 Å². The zero-order valence-electron chi connectivity index (χ0n) is 12.4. The van der Waals surface area contributed by atoms with Gasteiger partial charge in [-0.15, -0.1) is 0 Å². The molecule has 0 atom stereocenters. The smallest absolute Gasteiger partial charge is 0.389 e. The van der Waals surface area contributed by atoms with Crippen LogP contribution in [0.2, 0.25) is 5.02 Å². The fourth-order valence-corrected chi connectivity index (χ4v) is 1.99. The van der Waals surface area contributed by atoms with Gasteiger partial charge in [0.2, 0.25) is 0 Å². The molecule has 2 N–H and O–H groups in total. The van der Waals surface area contributed by atoms with Crippen molar-refractivity contribution in [3.63, 3.8) is 0 Å². The van der Waals surface area contributed by atoms with E-state index in [9.17, 15) is 13.2 Å². The Morgan fingerprint density at radius 2 is 1.96 bits per heavy atom. The van der Waals surface area contributed by atoms with Crippen LogP contribution in [0, 0.1) is 5.41 Å². The summed E-state index contributed by atoms with van der Waals surface area (Å²) in [7, 11) is 0. The maximum atomic E-state index is 12.2. The number of ether oxygens (including phenoxy) is 1. The minimum atomic E-state index is -4.20. The number of alkyl halides is 3. The van der Waals surface area contributed by atoms with E-state index in [-0.39, 0.29) is 19.0 Å². The quantitative estimate of drug-likeness (QED) is 0.557. The van der Waals surface area contributed by atoms with Gasteiger partial charge in [0.1, 0.15) is 0 Å². The molecule has 0 bridgehead atoms. The summed E-state index contributed by atoms with van der Waals surface area (Å²) in [5.41, 5.74) is 0.890. The molecule has 0 unspecified atom stereocenters. The number of hydrogen-bond donors (Lipinski definition) is 2. The summed E-state index contributed by atoms with van der Waals surface area (Å²) in [6, 6.07) is 4.96. The highest BCUT2D eigenvalue weighted by Gasteiger charge is 2.26. The molecule has 0 fully saturated rings. The number of anilines is 1. The molecule has 0 aliphatic rings. The van der Waals surface area contributed by atoms with Gasteiger partial charge in [-0.2, -0.15) is 13.2 Å². The summed E-state index contributed by atoms with van der Waals surface area (Å²) < 4.78 is 42.2. The van der Waals surface area contributed by atoms with Crippen molar-refractivity contribution in [2.75, 3.05) is 11.9 Å². The van der Waals surface area contributed by atoms with Gasteiger partial charge in [0.05, 0.1) is 23.1 Å². The van der Waals surface area contributed by atoms with Gasteiger partial charge in [0.25, 0.3) is 0 Å². The van der Waals surface area contributed by atoms with E-state index in [1.165, 1.54) is 12.4 Å². The van der Waals surface area contributed by atoms with Gasteiger partial charge in [-0.1, -0.05) is 23.7 Å². The average molecular weight is 359 g/mol. The molecular weight excluding hydrogens is 345 g/mol. The summed E-state index contributed by atoms with van der Waals surface area (Å²) >= 11 is 5.70. The SMILES string of the molecule is N=Cc1cccc(Oc2ncc(Cl)cn2)c1NCCCC(F)(F)F. The minimum absolute atomic E-state index is 0.0415. The van der Waals surface area contributed by atoms with Crippen molar-refractivity contribution in [2.24, 2.45) is 0 Å². The zero-order chi connectivity index (χ0) is 17.6. The molecule has 2 rings (SSSR count). The molecule has 2 aromatic rings. The van der Waals surface area contributed by atoms with E-state index < -0.39 is 12.6 Å². The standard InChI is InChI=1S/C15H14ClF3N4O/c16-11-8-22-14(23-9-11)24-12-4-1-3-10(7-20)13(12)21-6-2-5-15(17,18)19/h1,3-4,7-9,20-21H,2,5-6H2. The maximum absolute atomic E-state index is 12.2. The van der Waals surface area contributed by atoms with E-state index in [4.69, 9.17) is 21.7 Å². The van der Waals surface area contributed by atoms with Crippen LogP contribution in [0.15, 0.2) is 30.6 Å². The number of aromatic nitrogens is 2. The van der Waals surface area contributed by atoms with Gasteiger partial charge >= 0.3 is 12.2 Å². The first kappa shape index (κ1) is 18.0. The lowest BCUT2D eigenvalue weighted by atomic mass is 10.1. The van der Waals surface area contributed by atoms with Crippen LogP contribution in [0.25, 0.3) is 0 Å². The van der Waals surface area contributed by atoms with Gasteiger partial charge in [0.15, 0.2) is 5.75 Å². The largest absolute Gasteiger partial charge is 0.422 e. The van der Waals surface area contributed by atoms with E-state index in [0.717, 1.165) is 6.21 Å². The molecule has 128 valence electrons. The van der Waals surface area contributed by atoms with Crippen molar-refractivity contribution in [3.05, 3.63) is 41.2 Å². The van der Waals surface area contributed by atoms with E-state index in [1.54, 1.807) is 18.2 Å². The second kappa shape index (κ2) is 7.96. The summed E-state index contributed by atoms with van der Waals surface area (Å²) in [6.07, 6.45) is -1.36. The molecule has 1 aromatic carbocycles. The Balaban J connectivity index is 2.12. The maximum Gasteiger partial charge on any atom is 0.389 e. The molecular formula is C15H14ClF3N4O. The Morgan fingerprint density at radius 3 is 2.58 bits per heavy atom. The summed E-state index contributed by atoms with van der Waals surface area (Å²) in [6.45, 7) is 0.0855. The molecule has 0 saturated carbocycles. The van der Waals surface area contributed by atoms with Gasteiger partial charge in [-0.3, -0.25) is 0 Å². The first-order valence-electron chi connectivity index (χ1n) is 6.98. The Labute approximate surface area is 141 Å². The summed E-state index contributed by atoms with van der Waals surface area (Å²) in [5, 5.41) is 10.6. The molecule has 24 heavy (non-hydrogen) atoms. The number of rotatable bonds is 7. The molecule has 0 amide bonds. The Bertz CT molecular complexity index is 692. The third-order valence-electron chi connectivity index (χ3n) is 2.95. The minimum Gasteiger partial charge on any atom is -0.422 e. The van der Waals surface area contributed by atoms with E-state index in [2.05, 4.69) is 15.3 Å². The second-order valence-electron chi connectivity index (χ2n) is 4.80.